The molecule has 0 bridgehead atoms. The van der Waals surface area contributed by atoms with Crippen molar-refractivity contribution in [3.63, 3.8) is 0 Å². The number of benzene rings is 1. The monoisotopic (exact) mass is 405 g/mol. The van der Waals surface area contributed by atoms with Crippen LogP contribution in [0.2, 0.25) is 0 Å². The molecule has 3 rings (SSSR count). The highest BCUT2D eigenvalue weighted by atomic mass is 19.2. The molecule has 0 amide bonds. The van der Waals surface area contributed by atoms with Gasteiger partial charge in [0.1, 0.15) is 12.2 Å². The Morgan fingerprint density at radius 3 is 2.72 bits per heavy atom. The average Bonchev–Trinajstić information content (AvgIpc) is 3.19. The molecule has 2 heterocycles. The lowest BCUT2D eigenvalue weighted by Gasteiger charge is -2.33. The molecule has 0 atom stereocenters. The zero-order valence-corrected chi connectivity index (χ0v) is 17.0. The summed E-state index contributed by atoms with van der Waals surface area (Å²) in [4.78, 5) is 6.57. The molecule has 1 aliphatic heterocycles. The van der Waals surface area contributed by atoms with Crippen molar-refractivity contribution < 1.29 is 8.78 Å². The normalized spacial score (nSPS) is 16.2. The number of nitrogens with one attached hydrogen (secondary N) is 2. The molecule has 0 spiro atoms. The van der Waals surface area contributed by atoms with Gasteiger partial charge >= 0.3 is 0 Å². The fourth-order valence-electron chi connectivity index (χ4n) is 3.55. The maximum atomic E-state index is 13.4. The number of guanidine groups is 1. The molecule has 0 unspecified atom stereocenters. The smallest absolute Gasteiger partial charge is 0.191 e. The van der Waals surface area contributed by atoms with Crippen LogP contribution in [-0.2, 0) is 19.5 Å². The van der Waals surface area contributed by atoms with Crippen molar-refractivity contribution in [1.82, 2.24) is 30.3 Å². The number of piperidine rings is 1. The molecule has 1 aromatic carbocycles. The van der Waals surface area contributed by atoms with Gasteiger partial charge in [-0.3, -0.25) is 9.89 Å². The Bertz CT molecular complexity index is 813. The third-order valence-corrected chi connectivity index (χ3v) is 5.20. The second-order valence-corrected chi connectivity index (χ2v) is 7.24. The van der Waals surface area contributed by atoms with Crippen molar-refractivity contribution in [3.8, 4) is 0 Å². The van der Waals surface area contributed by atoms with E-state index in [0.717, 1.165) is 62.8 Å². The topological polar surface area (TPSA) is 70.4 Å². The zero-order valence-electron chi connectivity index (χ0n) is 17.0. The number of hydrogen-bond acceptors (Lipinski definition) is 4. The SMILES string of the molecule is CCc1nncn1CCNC(=NC)NC1CCN(Cc2ccc(F)c(F)c2)CC1. The minimum Gasteiger partial charge on any atom is -0.355 e. The van der Waals surface area contributed by atoms with Gasteiger partial charge in [0.15, 0.2) is 17.6 Å². The molecule has 9 heteroatoms. The van der Waals surface area contributed by atoms with Crippen molar-refractivity contribution in [2.24, 2.45) is 4.99 Å². The van der Waals surface area contributed by atoms with E-state index in [4.69, 9.17) is 0 Å². The van der Waals surface area contributed by atoms with Crippen LogP contribution < -0.4 is 10.6 Å². The van der Waals surface area contributed by atoms with E-state index in [1.165, 1.54) is 12.1 Å². The number of aromatic nitrogens is 3. The average molecular weight is 405 g/mol. The van der Waals surface area contributed by atoms with E-state index in [0.29, 0.717) is 12.6 Å². The molecule has 2 aromatic rings. The summed E-state index contributed by atoms with van der Waals surface area (Å²) in [5, 5.41) is 14.9. The fraction of sp³-hybridized carbons (Fsp3) is 0.550. The molecule has 0 aliphatic carbocycles. The Morgan fingerprint density at radius 2 is 2.03 bits per heavy atom. The zero-order chi connectivity index (χ0) is 20.6. The van der Waals surface area contributed by atoms with Crippen LogP contribution in [0.1, 0.15) is 31.2 Å². The van der Waals surface area contributed by atoms with Gasteiger partial charge in [-0.05, 0) is 30.5 Å². The van der Waals surface area contributed by atoms with Crippen molar-refractivity contribution in [1.29, 1.82) is 0 Å². The molecular formula is C20H29F2N7. The Labute approximate surface area is 170 Å². The van der Waals surface area contributed by atoms with Crippen molar-refractivity contribution >= 4 is 5.96 Å². The van der Waals surface area contributed by atoms with Gasteiger partial charge in [-0.2, -0.15) is 0 Å². The van der Waals surface area contributed by atoms with Crippen LogP contribution in [0.5, 0.6) is 0 Å². The van der Waals surface area contributed by atoms with E-state index >= 15 is 0 Å². The number of halogens is 2. The van der Waals surface area contributed by atoms with Crippen LogP contribution in [0.3, 0.4) is 0 Å². The molecule has 1 aromatic heterocycles. The molecule has 0 radical (unpaired) electrons. The third-order valence-electron chi connectivity index (χ3n) is 5.20. The summed E-state index contributed by atoms with van der Waals surface area (Å²) in [6.45, 7) is 6.01. The van der Waals surface area contributed by atoms with Crippen molar-refractivity contribution in [2.45, 2.75) is 45.3 Å². The maximum absolute atomic E-state index is 13.4. The van der Waals surface area contributed by atoms with Crippen LogP contribution in [0.4, 0.5) is 8.78 Å². The van der Waals surface area contributed by atoms with E-state index in [1.54, 1.807) is 19.4 Å². The van der Waals surface area contributed by atoms with E-state index in [2.05, 4.69) is 37.6 Å². The summed E-state index contributed by atoms with van der Waals surface area (Å²) in [7, 11) is 1.77. The Hall–Kier alpha value is -2.55. The van der Waals surface area contributed by atoms with Gasteiger partial charge in [0.2, 0.25) is 0 Å². The molecule has 1 saturated heterocycles. The van der Waals surface area contributed by atoms with Gasteiger partial charge < -0.3 is 15.2 Å². The van der Waals surface area contributed by atoms with Crippen LogP contribution in [-0.4, -0.2) is 58.3 Å². The number of aliphatic imine (C=N–C) groups is 1. The summed E-state index contributed by atoms with van der Waals surface area (Å²) in [6.07, 6.45) is 4.54. The molecule has 158 valence electrons. The Morgan fingerprint density at radius 1 is 1.24 bits per heavy atom. The van der Waals surface area contributed by atoms with Gasteiger partial charge in [0, 0.05) is 52.2 Å². The van der Waals surface area contributed by atoms with Crippen molar-refractivity contribution in [2.75, 3.05) is 26.7 Å². The van der Waals surface area contributed by atoms with Gasteiger partial charge in [-0.15, -0.1) is 10.2 Å². The quantitative estimate of drug-likeness (QED) is 0.544. The summed E-state index contributed by atoms with van der Waals surface area (Å²) < 4.78 is 28.5. The second-order valence-electron chi connectivity index (χ2n) is 7.24. The standard InChI is InChI=1S/C20H29F2N7/c1-3-19-27-25-14-29(19)11-8-24-20(23-2)26-16-6-9-28(10-7-16)13-15-4-5-17(21)18(22)12-15/h4-5,12,14,16H,3,6-11,13H2,1-2H3,(H2,23,24,26). The summed E-state index contributed by atoms with van der Waals surface area (Å²) in [5.41, 5.74) is 0.799. The summed E-state index contributed by atoms with van der Waals surface area (Å²) >= 11 is 0. The highest BCUT2D eigenvalue weighted by Gasteiger charge is 2.20. The summed E-state index contributed by atoms with van der Waals surface area (Å²) in [5.74, 6) is 0.176. The van der Waals surface area contributed by atoms with Gasteiger partial charge in [-0.25, -0.2) is 8.78 Å². The van der Waals surface area contributed by atoms with Crippen LogP contribution >= 0.6 is 0 Å². The summed E-state index contributed by atoms with van der Waals surface area (Å²) in [6, 6.07) is 4.46. The van der Waals surface area contributed by atoms with Gasteiger partial charge in [0.05, 0.1) is 0 Å². The second kappa shape index (κ2) is 10.3. The lowest BCUT2D eigenvalue weighted by atomic mass is 10.0. The highest BCUT2D eigenvalue weighted by Crippen LogP contribution is 2.15. The first-order valence-corrected chi connectivity index (χ1v) is 10.1. The number of aryl methyl sites for hydroxylation is 1. The van der Waals surface area contributed by atoms with Gasteiger partial charge in [-0.1, -0.05) is 13.0 Å². The molecule has 29 heavy (non-hydrogen) atoms. The minimum atomic E-state index is -0.800. The third kappa shape index (κ3) is 5.96. The first-order valence-electron chi connectivity index (χ1n) is 10.1. The van der Waals surface area contributed by atoms with E-state index < -0.39 is 11.6 Å². The molecular weight excluding hydrogens is 376 g/mol. The molecule has 1 aliphatic rings. The lowest BCUT2D eigenvalue weighted by Crippen LogP contribution is -2.49. The molecule has 2 N–H and O–H groups in total. The first kappa shape index (κ1) is 21.2. The predicted molar refractivity (Wildman–Crippen MR) is 109 cm³/mol. The van der Waals surface area contributed by atoms with Crippen LogP contribution in [0.15, 0.2) is 29.5 Å². The van der Waals surface area contributed by atoms with E-state index in [1.807, 2.05) is 4.57 Å². The highest BCUT2D eigenvalue weighted by molar-refractivity contribution is 5.79. The molecule has 1 fully saturated rings. The Balaban J connectivity index is 1.40. The van der Waals surface area contributed by atoms with Crippen molar-refractivity contribution in [3.05, 3.63) is 47.5 Å². The Kier molecular flexibility index (Phi) is 7.51. The number of nitrogens with zero attached hydrogens (tertiary/aromatic N) is 5. The van der Waals surface area contributed by atoms with Crippen LogP contribution in [0, 0.1) is 11.6 Å². The maximum Gasteiger partial charge on any atom is 0.191 e. The minimum absolute atomic E-state index is 0.337. The van der Waals surface area contributed by atoms with Crippen LogP contribution in [0.25, 0.3) is 0 Å². The molecule has 7 nitrogen and oxygen atoms in total. The van der Waals surface area contributed by atoms with E-state index in [-0.39, 0.29) is 0 Å². The number of likely N-dealkylation sites (tertiary alicyclic amines) is 1. The van der Waals surface area contributed by atoms with E-state index in [9.17, 15) is 8.78 Å². The molecule has 0 saturated carbocycles. The largest absolute Gasteiger partial charge is 0.355 e. The fourth-order valence-corrected chi connectivity index (χ4v) is 3.55. The lowest BCUT2D eigenvalue weighted by molar-refractivity contribution is 0.198. The predicted octanol–water partition coefficient (Wildman–Crippen LogP) is 1.95. The number of hydrogen-bond donors (Lipinski definition) is 2. The van der Waals surface area contributed by atoms with Gasteiger partial charge in [0.25, 0.3) is 0 Å². The number of rotatable bonds is 7. The first-order chi connectivity index (χ1) is 14.1.